The maximum absolute atomic E-state index is 12.5. The molecule has 2 N–H and O–H groups in total. The van der Waals surface area contributed by atoms with Crippen molar-refractivity contribution in [1.82, 2.24) is 15.5 Å². The Bertz CT molecular complexity index is 882. The highest BCUT2D eigenvalue weighted by Gasteiger charge is 2.36. The van der Waals surface area contributed by atoms with Crippen molar-refractivity contribution in [3.05, 3.63) is 71.3 Å². The lowest BCUT2D eigenvalue weighted by atomic mass is 10.1. The molecule has 152 valence electrons. The molecule has 0 bridgehead atoms. The summed E-state index contributed by atoms with van der Waals surface area (Å²) >= 11 is 0. The zero-order valence-electron chi connectivity index (χ0n) is 16.9. The van der Waals surface area contributed by atoms with Crippen molar-refractivity contribution in [2.45, 2.75) is 26.3 Å². The molecule has 0 aromatic heterocycles. The van der Waals surface area contributed by atoms with Gasteiger partial charge >= 0.3 is 0 Å². The lowest BCUT2D eigenvalue weighted by molar-refractivity contribution is -0.130. The van der Waals surface area contributed by atoms with E-state index in [1.54, 1.807) is 11.0 Å². The van der Waals surface area contributed by atoms with Gasteiger partial charge in [-0.3, -0.25) is 14.4 Å². The van der Waals surface area contributed by atoms with Crippen molar-refractivity contribution < 1.29 is 14.4 Å². The van der Waals surface area contributed by atoms with Gasteiger partial charge in [0.25, 0.3) is 5.91 Å². The van der Waals surface area contributed by atoms with Crippen LogP contribution in [0, 0.1) is 12.8 Å². The van der Waals surface area contributed by atoms with Crippen molar-refractivity contribution in [2.24, 2.45) is 5.92 Å². The SMILES string of the molecule is Cc1cccc(C(=O)NCCNC(=O)C2CC(=O)N(C(C)c3ccccc3)C2)c1. The van der Waals surface area contributed by atoms with E-state index in [9.17, 15) is 14.4 Å². The molecule has 1 saturated heterocycles. The fraction of sp³-hybridized carbons (Fsp3) is 0.348. The molecule has 0 radical (unpaired) electrons. The van der Waals surface area contributed by atoms with Crippen molar-refractivity contribution in [1.29, 1.82) is 0 Å². The van der Waals surface area contributed by atoms with Crippen LogP contribution in [0.4, 0.5) is 0 Å². The molecule has 29 heavy (non-hydrogen) atoms. The quantitative estimate of drug-likeness (QED) is 0.710. The summed E-state index contributed by atoms with van der Waals surface area (Å²) in [7, 11) is 0. The Morgan fingerprint density at radius 2 is 1.79 bits per heavy atom. The molecule has 6 heteroatoms. The number of carbonyl (C=O) groups excluding carboxylic acids is 3. The first-order valence-electron chi connectivity index (χ1n) is 9.92. The minimum atomic E-state index is -0.360. The molecule has 1 heterocycles. The highest BCUT2D eigenvalue weighted by atomic mass is 16.2. The molecule has 0 saturated carbocycles. The first kappa shape index (κ1) is 20.6. The standard InChI is InChI=1S/C23H27N3O3/c1-16-7-6-10-19(13-16)22(28)24-11-12-25-23(29)20-14-21(27)26(15-20)17(2)18-8-4-3-5-9-18/h3-10,13,17,20H,11-12,14-15H2,1-2H3,(H,24,28)(H,25,29). The maximum atomic E-state index is 12.5. The molecule has 2 aromatic rings. The number of likely N-dealkylation sites (tertiary alicyclic amines) is 1. The van der Waals surface area contributed by atoms with Crippen molar-refractivity contribution >= 4 is 17.7 Å². The molecule has 2 aromatic carbocycles. The summed E-state index contributed by atoms with van der Waals surface area (Å²) in [5, 5.41) is 5.63. The zero-order chi connectivity index (χ0) is 20.8. The van der Waals surface area contributed by atoms with Crippen LogP contribution in [0.2, 0.25) is 0 Å². The van der Waals surface area contributed by atoms with Gasteiger partial charge in [-0.2, -0.15) is 0 Å². The van der Waals surface area contributed by atoms with Gasteiger partial charge in [0.05, 0.1) is 12.0 Å². The molecule has 0 spiro atoms. The van der Waals surface area contributed by atoms with Gasteiger partial charge in [-0.15, -0.1) is 0 Å². The van der Waals surface area contributed by atoms with Gasteiger partial charge in [0, 0.05) is 31.6 Å². The Labute approximate surface area is 171 Å². The summed E-state index contributed by atoms with van der Waals surface area (Å²) in [6.07, 6.45) is 0.221. The molecular formula is C23H27N3O3. The first-order valence-corrected chi connectivity index (χ1v) is 9.92. The third-order valence-electron chi connectivity index (χ3n) is 5.27. The van der Waals surface area contributed by atoms with Gasteiger partial charge in [0.1, 0.15) is 0 Å². The Kier molecular flexibility index (Phi) is 6.65. The van der Waals surface area contributed by atoms with Crippen LogP contribution in [-0.2, 0) is 9.59 Å². The fourth-order valence-electron chi connectivity index (χ4n) is 3.59. The summed E-state index contributed by atoms with van der Waals surface area (Å²) in [4.78, 5) is 38.7. The normalized spacial score (nSPS) is 17.1. The van der Waals surface area contributed by atoms with Crippen molar-refractivity contribution in [3.63, 3.8) is 0 Å². The van der Waals surface area contributed by atoms with E-state index in [1.165, 1.54) is 0 Å². The highest BCUT2D eigenvalue weighted by molar-refractivity contribution is 5.94. The van der Waals surface area contributed by atoms with Gasteiger partial charge in [-0.25, -0.2) is 0 Å². The molecule has 3 rings (SSSR count). The smallest absolute Gasteiger partial charge is 0.251 e. The number of hydrogen-bond acceptors (Lipinski definition) is 3. The predicted molar refractivity (Wildman–Crippen MR) is 111 cm³/mol. The molecule has 0 aliphatic carbocycles. The Hall–Kier alpha value is -3.15. The van der Waals surface area contributed by atoms with Crippen LogP contribution in [0.1, 0.15) is 40.9 Å². The molecule has 2 atom stereocenters. The van der Waals surface area contributed by atoms with Crippen LogP contribution < -0.4 is 10.6 Å². The number of benzene rings is 2. The van der Waals surface area contributed by atoms with E-state index in [0.29, 0.717) is 25.2 Å². The summed E-state index contributed by atoms with van der Waals surface area (Å²) in [6.45, 7) is 4.99. The van der Waals surface area contributed by atoms with Gasteiger partial charge in [-0.05, 0) is 31.5 Å². The second-order valence-corrected chi connectivity index (χ2v) is 7.45. The number of rotatable bonds is 7. The van der Waals surface area contributed by atoms with Crippen LogP contribution in [0.25, 0.3) is 0 Å². The van der Waals surface area contributed by atoms with E-state index in [-0.39, 0.29) is 36.1 Å². The Morgan fingerprint density at radius 1 is 1.07 bits per heavy atom. The highest BCUT2D eigenvalue weighted by Crippen LogP contribution is 2.28. The van der Waals surface area contributed by atoms with E-state index in [1.807, 2.05) is 62.4 Å². The second kappa shape index (κ2) is 9.37. The molecule has 1 aliphatic rings. The largest absolute Gasteiger partial charge is 0.354 e. The Balaban J connectivity index is 1.44. The minimum absolute atomic E-state index is 0.00532. The third-order valence-corrected chi connectivity index (χ3v) is 5.27. The number of nitrogens with one attached hydrogen (secondary N) is 2. The average molecular weight is 393 g/mol. The summed E-state index contributed by atoms with van der Waals surface area (Å²) in [5.41, 5.74) is 2.68. The van der Waals surface area contributed by atoms with Crippen molar-refractivity contribution in [3.8, 4) is 0 Å². The van der Waals surface area contributed by atoms with E-state index >= 15 is 0 Å². The van der Waals surface area contributed by atoms with Crippen LogP contribution >= 0.6 is 0 Å². The molecule has 1 aliphatic heterocycles. The maximum Gasteiger partial charge on any atom is 0.251 e. The summed E-state index contributed by atoms with van der Waals surface area (Å²) < 4.78 is 0. The van der Waals surface area contributed by atoms with Crippen LogP contribution in [-0.4, -0.2) is 42.3 Å². The van der Waals surface area contributed by atoms with Gasteiger partial charge < -0.3 is 15.5 Å². The summed E-state index contributed by atoms with van der Waals surface area (Å²) in [5.74, 6) is -0.678. The summed E-state index contributed by atoms with van der Waals surface area (Å²) in [6, 6.07) is 17.1. The average Bonchev–Trinajstić information content (AvgIpc) is 3.12. The van der Waals surface area contributed by atoms with E-state index < -0.39 is 0 Å². The van der Waals surface area contributed by atoms with Gasteiger partial charge in [-0.1, -0.05) is 48.0 Å². The third kappa shape index (κ3) is 5.22. The molecule has 3 amide bonds. The van der Waals surface area contributed by atoms with E-state index in [2.05, 4.69) is 10.6 Å². The molecule has 2 unspecified atom stereocenters. The number of amides is 3. The zero-order valence-corrected chi connectivity index (χ0v) is 16.9. The number of carbonyl (C=O) groups is 3. The fourth-order valence-corrected chi connectivity index (χ4v) is 3.59. The number of hydrogen-bond donors (Lipinski definition) is 2. The predicted octanol–water partition coefficient (Wildman–Crippen LogP) is 2.45. The lowest BCUT2D eigenvalue weighted by Crippen LogP contribution is -2.38. The molecular weight excluding hydrogens is 366 g/mol. The van der Waals surface area contributed by atoms with Crippen LogP contribution in [0.5, 0.6) is 0 Å². The molecule has 6 nitrogen and oxygen atoms in total. The number of aryl methyl sites for hydroxylation is 1. The van der Waals surface area contributed by atoms with Crippen molar-refractivity contribution in [2.75, 3.05) is 19.6 Å². The topological polar surface area (TPSA) is 78.5 Å². The van der Waals surface area contributed by atoms with Gasteiger partial charge in [0.2, 0.25) is 11.8 Å². The van der Waals surface area contributed by atoms with Crippen LogP contribution in [0.3, 0.4) is 0 Å². The lowest BCUT2D eigenvalue weighted by Gasteiger charge is -2.25. The minimum Gasteiger partial charge on any atom is -0.354 e. The monoisotopic (exact) mass is 393 g/mol. The van der Waals surface area contributed by atoms with Gasteiger partial charge in [0.15, 0.2) is 0 Å². The van der Waals surface area contributed by atoms with E-state index in [0.717, 1.165) is 11.1 Å². The second-order valence-electron chi connectivity index (χ2n) is 7.45. The Morgan fingerprint density at radius 3 is 2.52 bits per heavy atom. The van der Waals surface area contributed by atoms with E-state index in [4.69, 9.17) is 0 Å². The number of nitrogens with zero attached hydrogens (tertiary/aromatic N) is 1. The van der Waals surface area contributed by atoms with Crippen LogP contribution in [0.15, 0.2) is 54.6 Å². The molecule has 1 fully saturated rings. The first-order chi connectivity index (χ1) is 14.0.